The van der Waals surface area contributed by atoms with Crippen molar-refractivity contribution in [1.29, 1.82) is 0 Å². The fraction of sp³-hybridized carbons (Fsp3) is 0.440. The summed E-state index contributed by atoms with van der Waals surface area (Å²) in [4.78, 5) is 29.8. The Hall–Kier alpha value is -2.66. The maximum Gasteiger partial charge on any atom is 0.239 e. The minimum atomic E-state index is -0.370. The first kappa shape index (κ1) is 20.6. The van der Waals surface area contributed by atoms with Crippen LogP contribution in [-0.2, 0) is 21.5 Å². The summed E-state index contributed by atoms with van der Waals surface area (Å²) in [5.41, 5.74) is 3.14. The van der Waals surface area contributed by atoms with Crippen molar-refractivity contribution in [3.05, 3.63) is 71.3 Å². The molecular weight excluding hydrogens is 374 g/mol. The van der Waals surface area contributed by atoms with Gasteiger partial charge in [0.05, 0.1) is 11.5 Å². The van der Waals surface area contributed by atoms with Crippen molar-refractivity contribution >= 4 is 11.8 Å². The largest absolute Gasteiger partial charge is 0.354 e. The number of piperazine rings is 1. The molecule has 2 aromatic carbocycles. The zero-order valence-electron chi connectivity index (χ0n) is 18.1. The predicted octanol–water partition coefficient (Wildman–Crippen LogP) is 2.87. The summed E-state index contributed by atoms with van der Waals surface area (Å²) >= 11 is 0. The number of benzene rings is 2. The average molecular weight is 406 g/mol. The van der Waals surface area contributed by atoms with E-state index in [1.165, 1.54) is 11.1 Å². The predicted molar refractivity (Wildman–Crippen MR) is 118 cm³/mol. The molecule has 4 rings (SSSR count). The molecule has 1 saturated carbocycles. The van der Waals surface area contributed by atoms with E-state index in [0.717, 1.165) is 18.4 Å². The molecular formula is C25H31N3O2. The van der Waals surface area contributed by atoms with Crippen LogP contribution in [0.15, 0.2) is 54.6 Å². The molecule has 30 heavy (non-hydrogen) atoms. The molecule has 1 aliphatic carbocycles. The molecule has 2 fully saturated rings. The highest BCUT2D eigenvalue weighted by Crippen LogP contribution is 2.48. The van der Waals surface area contributed by atoms with E-state index in [4.69, 9.17) is 0 Å². The summed E-state index contributed by atoms with van der Waals surface area (Å²) in [6.07, 6.45) is 1.80. The molecule has 0 unspecified atom stereocenters. The average Bonchev–Trinajstić information content (AvgIpc) is 3.56. The van der Waals surface area contributed by atoms with Crippen LogP contribution in [0.4, 0.5) is 0 Å². The van der Waals surface area contributed by atoms with Gasteiger partial charge in [-0.15, -0.1) is 0 Å². The number of amides is 2. The van der Waals surface area contributed by atoms with Gasteiger partial charge < -0.3 is 10.2 Å². The zero-order valence-corrected chi connectivity index (χ0v) is 18.1. The lowest BCUT2D eigenvalue weighted by atomic mass is 9.95. The van der Waals surface area contributed by atoms with Crippen LogP contribution in [0.2, 0.25) is 0 Å². The van der Waals surface area contributed by atoms with Crippen LogP contribution in [-0.4, -0.2) is 53.8 Å². The summed E-state index contributed by atoms with van der Waals surface area (Å²) in [6.45, 7) is 5.91. The first-order chi connectivity index (χ1) is 14.4. The highest BCUT2D eigenvalue weighted by Gasteiger charge is 2.51. The van der Waals surface area contributed by atoms with Crippen LogP contribution in [0.25, 0.3) is 0 Å². The third kappa shape index (κ3) is 3.99. The van der Waals surface area contributed by atoms with Gasteiger partial charge in [-0.2, -0.15) is 0 Å². The number of carbonyl (C=O) groups excluding carboxylic acids is 2. The van der Waals surface area contributed by atoms with Crippen LogP contribution in [0.5, 0.6) is 0 Å². The van der Waals surface area contributed by atoms with Crippen LogP contribution < -0.4 is 5.32 Å². The van der Waals surface area contributed by atoms with Gasteiger partial charge in [0.1, 0.15) is 0 Å². The Morgan fingerprint density at radius 1 is 1.13 bits per heavy atom. The Labute approximate surface area is 179 Å². The van der Waals surface area contributed by atoms with E-state index in [1.54, 1.807) is 4.90 Å². The highest BCUT2D eigenvalue weighted by molar-refractivity contribution is 5.91. The van der Waals surface area contributed by atoms with Gasteiger partial charge >= 0.3 is 0 Å². The number of hydrogen-bond donors (Lipinski definition) is 1. The molecule has 5 heteroatoms. The van der Waals surface area contributed by atoms with Crippen molar-refractivity contribution in [2.75, 3.05) is 20.1 Å². The summed E-state index contributed by atoms with van der Waals surface area (Å²) in [6, 6.07) is 18.3. The van der Waals surface area contributed by atoms with E-state index in [-0.39, 0.29) is 29.3 Å². The minimum absolute atomic E-state index is 0.0822. The fourth-order valence-corrected chi connectivity index (χ4v) is 4.67. The van der Waals surface area contributed by atoms with Crippen LogP contribution in [0.1, 0.15) is 36.5 Å². The van der Waals surface area contributed by atoms with E-state index < -0.39 is 0 Å². The molecule has 1 N–H and O–H groups in total. The summed E-state index contributed by atoms with van der Waals surface area (Å²) in [5, 5.41) is 3.22. The quantitative estimate of drug-likeness (QED) is 0.804. The lowest BCUT2D eigenvalue weighted by Crippen LogP contribution is -2.62. The minimum Gasteiger partial charge on any atom is -0.354 e. The standard InChI is InChI=1S/C25H31N3O2/c1-18-8-7-9-20(14-18)16-28-19(2)23(29)27(3)17-22(28)15-26-24(30)25(12-13-25)21-10-5-4-6-11-21/h4-11,14,19,22H,12-13,15-17H2,1-3H3,(H,26,30)/t19-,22+/m0/s1. The Morgan fingerprint density at radius 3 is 2.53 bits per heavy atom. The fourth-order valence-electron chi connectivity index (χ4n) is 4.67. The summed E-state index contributed by atoms with van der Waals surface area (Å²) in [7, 11) is 1.85. The second-order valence-electron chi connectivity index (χ2n) is 8.87. The van der Waals surface area contributed by atoms with Gasteiger partial charge in [0, 0.05) is 32.7 Å². The number of aryl methyl sites for hydroxylation is 1. The SMILES string of the molecule is Cc1cccc(CN2[C@H](CNC(=O)C3(c4ccccc4)CC3)CN(C)C(=O)[C@@H]2C)c1. The third-order valence-electron chi connectivity index (χ3n) is 6.64. The van der Waals surface area contributed by atoms with E-state index >= 15 is 0 Å². The molecule has 0 radical (unpaired) electrons. The molecule has 2 aromatic rings. The molecule has 158 valence electrons. The van der Waals surface area contributed by atoms with Crippen LogP contribution >= 0.6 is 0 Å². The molecule has 1 aliphatic heterocycles. The summed E-state index contributed by atoms with van der Waals surface area (Å²) < 4.78 is 0. The second-order valence-corrected chi connectivity index (χ2v) is 8.87. The Morgan fingerprint density at radius 2 is 1.87 bits per heavy atom. The van der Waals surface area contributed by atoms with Gasteiger partial charge in [0.15, 0.2) is 0 Å². The van der Waals surface area contributed by atoms with E-state index in [9.17, 15) is 9.59 Å². The summed E-state index contributed by atoms with van der Waals surface area (Å²) in [5.74, 6) is 0.240. The molecule has 1 saturated heterocycles. The number of carbonyl (C=O) groups is 2. The number of nitrogens with zero attached hydrogens (tertiary/aromatic N) is 2. The number of hydrogen-bond acceptors (Lipinski definition) is 3. The number of rotatable bonds is 6. The van der Waals surface area contributed by atoms with E-state index in [0.29, 0.717) is 19.6 Å². The van der Waals surface area contributed by atoms with Gasteiger partial charge in [-0.05, 0) is 37.8 Å². The van der Waals surface area contributed by atoms with Crippen molar-refractivity contribution in [2.45, 2.75) is 50.7 Å². The van der Waals surface area contributed by atoms with Gasteiger partial charge in [-0.3, -0.25) is 14.5 Å². The molecule has 0 spiro atoms. The number of nitrogens with one attached hydrogen (secondary N) is 1. The molecule has 5 nitrogen and oxygen atoms in total. The smallest absolute Gasteiger partial charge is 0.239 e. The molecule has 0 aromatic heterocycles. The van der Waals surface area contributed by atoms with Gasteiger partial charge in [-0.1, -0.05) is 60.2 Å². The van der Waals surface area contributed by atoms with Gasteiger partial charge in [0.25, 0.3) is 0 Å². The van der Waals surface area contributed by atoms with Crippen molar-refractivity contribution in [3.63, 3.8) is 0 Å². The first-order valence-electron chi connectivity index (χ1n) is 10.8. The Kier molecular flexibility index (Phi) is 5.65. The maximum absolute atomic E-state index is 13.1. The van der Waals surface area contributed by atoms with Crippen molar-refractivity contribution in [1.82, 2.24) is 15.1 Å². The van der Waals surface area contributed by atoms with Crippen molar-refractivity contribution in [2.24, 2.45) is 0 Å². The molecule has 0 bridgehead atoms. The molecule has 1 heterocycles. The second kappa shape index (κ2) is 8.23. The van der Waals surface area contributed by atoms with E-state index in [1.807, 2.05) is 44.3 Å². The molecule has 2 atom stereocenters. The first-order valence-corrected chi connectivity index (χ1v) is 10.8. The Balaban J connectivity index is 1.47. The van der Waals surface area contributed by atoms with E-state index in [2.05, 4.69) is 41.4 Å². The van der Waals surface area contributed by atoms with Crippen LogP contribution in [0.3, 0.4) is 0 Å². The van der Waals surface area contributed by atoms with Crippen molar-refractivity contribution < 1.29 is 9.59 Å². The maximum atomic E-state index is 13.1. The topological polar surface area (TPSA) is 52.7 Å². The molecule has 2 aliphatic rings. The monoisotopic (exact) mass is 405 g/mol. The van der Waals surface area contributed by atoms with Gasteiger partial charge in [0.2, 0.25) is 11.8 Å². The van der Waals surface area contributed by atoms with Crippen LogP contribution in [0, 0.1) is 6.92 Å². The van der Waals surface area contributed by atoms with Crippen molar-refractivity contribution in [3.8, 4) is 0 Å². The Bertz CT molecular complexity index is 923. The molecule has 2 amide bonds. The van der Waals surface area contributed by atoms with Gasteiger partial charge in [-0.25, -0.2) is 0 Å². The normalized spacial score (nSPS) is 23.3. The highest BCUT2D eigenvalue weighted by atomic mass is 16.2. The third-order valence-corrected chi connectivity index (χ3v) is 6.64. The number of likely N-dealkylation sites (N-methyl/N-ethyl adjacent to an activating group) is 1. The zero-order chi connectivity index (χ0) is 21.3. The lowest BCUT2D eigenvalue weighted by molar-refractivity contribution is -0.143. The lowest BCUT2D eigenvalue weighted by Gasteiger charge is -2.44.